The van der Waals surface area contributed by atoms with Crippen molar-refractivity contribution >= 4 is 5.69 Å². The minimum Gasteiger partial charge on any atom is -0.374 e. The largest absolute Gasteiger partial charge is 0.374 e. The molecule has 0 aliphatic carbocycles. The fourth-order valence-corrected chi connectivity index (χ4v) is 3.11. The van der Waals surface area contributed by atoms with Crippen molar-refractivity contribution in [2.75, 3.05) is 18.5 Å². The van der Waals surface area contributed by atoms with E-state index in [1.54, 1.807) is 0 Å². The van der Waals surface area contributed by atoms with E-state index in [4.69, 9.17) is 0 Å². The van der Waals surface area contributed by atoms with Gasteiger partial charge in [-0.2, -0.15) is 5.10 Å². The predicted octanol–water partition coefficient (Wildman–Crippen LogP) is 2.40. The smallest absolute Gasteiger partial charge is 0.0638 e. The predicted molar refractivity (Wildman–Crippen MR) is 86.5 cm³/mol. The summed E-state index contributed by atoms with van der Waals surface area (Å²) in [4.78, 5) is 2.36. The number of hydrogen-bond donors (Lipinski definition) is 1. The Morgan fingerprint density at radius 2 is 2.10 bits per heavy atom. The number of benzene rings is 1. The van der Waals surface area contributed by atoms with Gasteiger partial charge in [0.15, 0.2) is 0 Å². The van der Waals surface area contributed by atoms with Gasteiger partial charge in [0.05, 0.1) is 5.69 Å². The molecule has 1 aliphatic heterocycles. The van der Waals surface area contributed by atoms with E-state index in [-0.39, 0.29) is 0 Å². The average Bonchev–Trinajstić information content (AvgIpc) is 2.77. The van der Waals surface area contributed by atoms with E-state index in [1.807, 2.05) is 11.7 Å². The molecule has 1 aliphatic rings. The molecule has 21 heavy (non-hydrogen) atoms. The third-order valence-corrected chi connectivity index (χ3v) is 4.25. The molecule has 2 heterocycles. The van der Waals surface area contributed by atoms with E-state index in [1.165, 1.54) is 41.8 Å². The standard InChI is InChI=1S/C17H24N4/c1-13-16(12-21(3)19-13)11-18-10-14-6-7-17-15(9-14)5-4-8-20(17)2/h6-7,9,12,18H,4-5,8,10-11H2,1-3H3. The van der Waals surface area contributed by atoms with Gasteiger partial charge in [0.1, 0.15) is 0 Å². The van der Waals surface area contributed by atoms with Crippen LogP contribution in [0.3, 0.4) is 0 Å². The van der Waals surface area contributed by atoms with Gasteiger partial charge >= 0.3 is 0 Å². The molecule has 4 heteroatoms. The molecular weight excluding hydrogens is 260 g/mol. The highest BCUT2D eigenvalue weighted by atomic mass is 15.2. The van der Waals surface area contributed by atoms with Crippen molar-refractivity contribution in [1.29, 1.82) is 0 Å². The lowest BCUT2D eigenvalue weighted by atomic mass is 9.99. The molecule has 0 bridgehead atoms. The fraction of sp³-hybridized carbons (Fsp3) is 0.471. The molecule has 0 saturated heterocycles. The number of nitrogens with one attached hydrogen (secondary N) is 1. The first kappa shape index (κ1) is 14.1. The zero-order chi connectivity index (χ0) is 14.8. The molecule has 4 nitrogen and oxygen atoms in total. The van der Waals surface area contributed by atoms with Crippen LogP contribution >= 0.6 is 0 Å². The molecule has 0 radical (unpaired) electrons. The first-order valence-corrected chi connectivity index (χ1v) is 7.66. The monoisotopic (exact) mass is 284 g/mol. The zero-order valence-corrected chi connectivity index (χ0v) is 13.2. The molecule has 0 spiro atoms. The van der Waals surface area contributed by atoms with Gasteiger partial charge in [0.2, 0.25) is 0 Å². The molecule has 1 aromatic carbocycles. The maximum atomic E-state index is 4.37. The number of hydrogen-bond acceptors (Lipinski definition) is 3. The lowest BCUT2D eigenvalue weighted by Crippen LogP contribution is -2.24. The van der Waals surface area contributed by atoms with Crippen LogP contribution in [0.1, 0.15) is 28.8 Å². The summed E-state index contributed by atoms with van der Waals surface area (Å²) in [5, 5.41) is 7.90. The van der Waals surface area contributed by atoms with E-state index in [0.717, 1.165) is 18.8 Å². The van der Waals surface area contributed by atoms with Crippen LogP contribution < -0.4 is 10.2 Å². The van der Waals surface area contributed by atoms with Gasteiger partial charge < -0.3 is 10.2 Å². The molecule has 0 unspecified atom stereocenters. The van der Waals surface area contributed by atoms with Crippen LogP contribution in [0.5, 0.6) is 0 Å². The van der Waals surface area contributed by atoms with Crippen LogP contribution in [0.2, 0.25) is 0 Å². The molecule has 2 aromatic rings. The van der Waals surface area contributed by atoms with E-state index >= 15 is 0 Å². The molecular formula is C17H24N4. The quantitative estimate of drug-likeness (QED) is 0.936. The number of nitrogens with zero attached hydrogens (tertiary/aromatic N) is 3. The highest BCUT2D eigenvalue weighted by Crippen LogP contribution is 2.26. The lowest BCUT2D eigenvalue weighted by Gasteiger charge is -2.27. The molecule has 1 N–H and O–H groups in total. The maximum absolute atomic E-state index is 4.37. The van der Waals surface area contributed by atoms with Gasteiger partial charge in [0.25, 0.3) is 0 Å². The fourth-order valence-electron chi connectivity index (χ4n) is 3.11. The number of anilines is 1. The van der Waals surface area contributed by atoms with Crippen LogP contribution in [-0.2, 0) is 26.6 Å². The lowest BCUT2D eigenvalue weighted by molar-refractivity contribution is 0.686. The van der Waals surface area contributed by atoms with Crippen molar-refractivity contribution < 1.29 is 0 Å². The van der Waals surface area contributed by atoms with Gasteiger partial charge in [-0.25, -0.2) is 0 Å². The Morgan fingerprint density at radius 3 is 2.86 bits per heavy atom. The SMILES string of the molecule is Cc1nn(C)cc1CNCc1ccc2c(c1)CCCN2C. The van der Waals surface area contributed by atoms with Gasteiger partial charge in [-0.1, -0.05) is 12.1 Å². The Balaban J connectivity index is 1.62. The van der Waals surface area contributed by atoms with Crippen molar-refractivity contribution in [3.8, 4) is 0 Å². The van der Waals surface area contributed by atoms with Gasteiger partial charge in [-0.3, -0.25) is 4.68 Å². The number of fused-ring (bicyclic) bond motifs is 1. The molecule has 3 rings (SSSR count). The van der Waals surface area contributed by atoms with Gasteiger partial charge in [-0.05, 0) is 37.0 Å². The van der Waals surface area contributed by atoms with Crippen LogP contribution in [0.25, 0.3) is 0 Å². The zero-order valence-electron chi connectivity index (χ0n) is 13.2. The first-order valence-electron chi connectivity index (χ1n) is 7.66. The van der Waals surface area contributed by atoms with Crippen LogP contribution in [-0.4, -0.2) is 23.4 Å². The molecule has 1 aromatic heterocycles. The summed E-state index contributed by atoms with van der Waals surface area (Å²) in [6.45, 7) is 5.01. The second-order valence-corrected chi connectivity index (χ2v) is 6.01. The number of rotatable bonds is 4. The average molecular weight is 284 g/mol. The summed E-state index contributed by atoms with van der Waals surface area (Å²) in [6.07, 6.45) is 4.55. The Hall–Kier alpha value is -1.81. The topological polar surface area (TPSA) is 33.1 Å². The molecule has 0 amide bonds. The molecule has 0 atom stereocenters. The minimum atomic E-state index is 0.872. The Labute approximate surface area is 126 Å². The second-order valence-electron chi connectivity index (χ2n) is 6.01. The summed E-state index contributed by atoms with van der Waals surface area (Å²) in [6, 6.07) is 6.86. The van der Waals surface area contributed by atoms with Crippen molar-refractivity contribution in [2.24, 2.45) is 7.05 Å². The normalized spacial score (nSPS) is 14.3. The van der Waals surface area contributed by atoms with Crippen LogP contribution in [0, 0.1) is 6.92 Å². The Kier molecular flexibility index (Phi) is 3.97. The maximum Gasteiger partial charge on any atom is 0.0638 e. The Bertz CT molecular complexity index is 630. The number of aromatic nitrogens is 2. The van der Waals surface area contributed by atoms with E-state index in [9.17, 15) is 0 Å². The third-order valence-electron chi connectivity index (χ3n) is 4.25. The van der Waals surface area contributed by atoms with Crippen molar-refractivity contribution in [3.05, 3.63) is 46.8 Å². The van der Waals surface area contributed by atoms with Gasteiger partial charge in [0, 0.05) is 51.2 Å². The summed E-state index contributed by atoms with van der Waals surface area (Å²) in [5.74, 6) is 0. The first-order chi connectivity index (χ1) is 10.1. The summed E-state index contributed by atoms with van der Waals surface area (Å²) in [5.41, 5.74) is 6.63. The van der Waals surface area contributed by atoms with Gasteiger partial charge in [-0.15, -0.1) is 0 Å². The Morgan fingerprint density at radius 1 is 1.24 bits per heavy atom. The van der Waals surface area contributed by atoms with E-state index in [0.29, 0.717) is 0 Å². The summed E-state index contributed by atoms with van der Waals surface area (Å²) < 4.78 is 1.88. The molecule has 112 valence electrons. The summed E-state index contributed by atoms with van der Waals surface area (Å²) >= 11 is 0. The minimum absolute atomic E-state index is 0.872. The highest BCUT2D eigenvalue weighted by molar-refractivity contribution is 5.56. The molecule has 0 saturated carbocycles. The van der Waals surface area contributed by atoms with E-state index in [2.05, 4.69) is 53.7 Å². The van der Waals surface area contributed by atoms with Crippen LogP contribution in [0.15, 0.2) is 24.4 Å². The van der Waals surface area contributed by atoms with E-state index < -0.39 is 0 Å². The summed E-state index contributed by atoms with van der Waals surface area (Å²) in [7, 11) is 4.15. The van der Waals surface area contributed by atoms with Crippen molar-refractivity contribution in [3.63, 3.8) is 0 Å². The number of aryl methyl sites for hydroxylation is 3. The highest BCUT2D eigenvalue weighted by Gasteiger charge is 2.13. The third kappa shape index (κ3) is 3.10. The van der Waals surface area contributed by atoms with Crippen LogP contribution in [0.4, 0.5) is 5.69 Å². The second kappa shape index (κ2) is 5.90. The molecule has 0 fully saturated rings. The van der Waals surface area contributed by atoms with Crippen molar-refractivity contribution in [2.45, 2.75) is 32.9 Å². The van der Waals surface area contributed by atoms with Crippen molar-refractivity contribution in [1.82, 2.24) is 15.1 Å².